The van der Waals surface area contributed by atoms with E-state index < -0.39 is 16.1 Å². The molecule has 0 saturated heterocycles. The highest BCUT2D eigenvalue weighted by Crippen LogP contribution is 2.23. The van der Waals surface area contributed by atoms with Gasteiger partial charge in [0, 0.05) is 25.6 Å². The Morgan fingerprint density at radius 3 is 2.21 bits per heavy atom. The van der Waals surface area contributed by atoms with Crippen molar-refractivity contribution in [2.45, 2.75) is 71.0 Å². The van der Waals surface area contributed by atoms with Crippen LogP contribution in [0.4, 0.5) is 5.69 Å². The fourth-order valence-electron chi connectivity index (χ4n) is 4.78. The van der Waals surface area contributed by atoms with Crippen LogP contribution >= 0.6 is 0 Å². The van der Waals surface area contributed by atoms with Gasteiger partial charge in [-0.3, -0.25) is 13.9 Å². The number of rotatable bonds is 14. The van der Waals surface area contributed by atoms with E-state index in [9.17, 15) is 18.0 Å². The predicted molar refractivity (Wildman–Crippen MR) is 152 cm³/mol. The summed E-state index contributed by atoms with van der Waals surface area (Å²) in [4.78, 5) is 28.1. The summed E-state index contributed by atoms with van der Waals surface area (Å²) in [5.41, 5.74) is 1.38. The Kier molecular flexibility index (Phi) is 11.0. The fraction of sp³-hybridized carbons (Fsp3) is 0.517. The molecule has 3 rings (SSSR count). The molecule has 0 aliphatic heterocycles. The molecule has 1 aliphatic carbocycles. The highest BCUT2D eigenvalue weighted by atomic mass is 32.2. The summed E-state index contributed by atoms with van der Waals surface area (Å²) < 4.78 is 37.1. The van der Waals surface area contributed by atoms with Crippen molar-refractivity contribution in [1.82, 2.24) is 10.2 Å². The Labute approximate surface area is 232 Å². The number of hydrogen-bond donors (Lipinski definition) is 1. The molecule has 39 heavy (non-hydrogen) atoms. The fourth-order valence-corrected chi connectivity index (χ4v) is 5.75. The molecule has 2 amide bonds. The van der Waals surface area contributed by atoms with Crippen LogP contribution in [0.25, 0.3) is 0 Å². The molecule has 2 aromatic rings. The molecule has 1 aliphatic rings. The lowest BCUT2D eigenvalue weighted by molar-refractivity contribution is -0.141. The van der Waals surface area contributed by atoms with E-state index in [0.29, 0.717) is 30.2 Å². The van der Waals surface area contributed by atoms with Gasteiger partial charge in [-0.25, -0.2) is 8.42 Å². The molecule has 0 radical (unpaired) electrons. The zero-order valence-electron chi connectivity index (χ0n) is 23.4. The average molecular weight is 560 g/mol. The van der Waals surface area contributed by atoms with Gasteiger partial charge >= 0.3 is 0 Å². The first kappa shape index (κ1) is 30.3. The molecule has 1 N–H and O–H groups in total. The van der Waals surface area contributed by atoms with Crippen LogP contribution in [0.1, 0.15) is 57.9 Å². The number of sulfonamides is 1. The zero-order valence-corrected chi connectivity index (χ0v) is 24.2. The number of methoxy groups -OCH3 is 1. The molecule has 0 heterocycles. The van der Waals surface area contributed by atoms with Crippen LogP contribution in [0.3, 0.4) is 0 Å². The molecule has 0 spiro atoms. The van der Waals surface area contributed by atoms with Crippen LogP contribution in [-0.4, -0.2) is 63.7 Å². The maximum absolute atomic E-state index is 13.5. The van der Waals surface area contributed by atoms with E-state index in [1.165, 1.54) is 4.31 Å². The second-order valence-electron chi connectivity index (χ2n) is 9.90. The number of anilines is 1. The Bertz CT molecular complexity index is 1180. The number of carbonyl (C=O) groups excluding carboxylic acids is 2. The highest BCUT2D eigenvalue weighted by Gasteiger charge is 2.28. The minimum atomic E-state index is -3.57. The maximum atomic E-state index is 13.5. The van der Waals surface area contributed by atoms with Gasteiger partial charge in [0.05, 0.1) is 25.7 Å². The summed E-state index contributed by atoms with van der Waals surface area (Å²) in [7, 11) is -1.98. The minimum absolute atomic E-state index is 0.0975. The Hall–Kier alpha value is -3.27. The molecule has 214 valence electrons. The van der Waals surface area contributed by atoms with Gasteiger partial charge in [0.15, 0.2) is 0 Å². The second-order valence-corrected chi connectivity index (χ2v) is 11.8. The Morgan fingerprint density at radius 2 is 1.64 bits per heavy atom. The van der Waals surface area contributed by atoms with Crippen LogP contribution in [-0.2, 0) is 26.2 Å². The number of amides is 2. The monoisotopic (exact) mass is 559 g/mol. The van der Waals surface area contributed by atoms with Crippen molar-refractivity contribution < 1.29 is 27.5 Å². The maximum Gasteiger partial charge on any atom is 0.242 e. The lowest BCUT2D eigenvalue weighted by Crippen LogP contribution is -2.49. The summed E-state index contributed by atoms with van der Waals surface area (Å²) in [6, 6.07) is 13.7. The third kappa shape index (κ3) is 8.88. The van der Waals surface area contributed by atoms with Crippen LogP contribution in [0.2, 0.25) is 0 Å². The zero-order chi connectivity index (χ0) is 28.4. The van der Waals surface area contributed by atoms with Gasteiger partial charge in [0.25, 0.3) is 0 Å². The normalized spacial score (nSPS) is 14.5. The van der Waals surface area contributed by atoms with Gasteiger partial charge in [-0.2, -0.15) is 0 Å². The van der Waals surface area contributed by atoms with Gasteiger partial charge in [-0.15, -0.1) is 0 Å². The standard InChI is InChI=1S/C29H41N3O6S/c1-5-38-27-18-14-25(15-19-27)32(39(4,35)36)20-8-11-28(33)31(21-23-12-16-26(37-3)17-13-23)22(2)29(34)30-24-9-6-7-10-24/h12-19,22,24H,5-11,20-21H2,1-4H3,(H,30,34)/t22-/m1/s1. The quantitative estimate of drug-likeness (QED) is 0.373. The molecule has 1 atom stereocenters. The van der Waals surface area contributed by atoms with Crippen LogP contribution in [0, 0.1) is 0 Å². The number of carbonyl (C=O) groups is 2. The van der Waals surface area contributed by atoms with Gasteiger partial charge in [0.2, 0.25) is 21.8 Å². The first-order valence-corrected chi connectivity index (χ1v) is 15.4. The number of nitrogens with one attached hydrogen (secondary N) is 1. The van der Waals surface area contributed by atoms with Crippen molar-refractivity contribution in [3.05, 3.63) is 54.1 Å². The van der Waals surface area contributed by atoms with Crippen LogP contribution in [0.15, 0.2) is 48.5 Å². The van der Waals surface area contributed by atoms with Gasteiger partial charge in [-0.1, -0.05) is 25.0 Å². The third-order valence-corrected chi connectivity index (χ3v) is 8.16. The van der Waals surface area contributed by atoms with E-state index in [1.54, 1.807) is 43.2 Å². The second kappa shape index (κ2) is 14.2. The van der Waals surface area contributed by atoms with Gasteiger partial charge in [0.1, 0.15) is 17.5 Å². The van der Waals surface area contributed by atoms with Gasteiger partial charge in [-0.05, 0) is 75.1 Å². The Balaban J connectivity index is 1.70. The van der Waals surface area contributed by atoms with Crippen molar-refractivity contribution in [3.63, 3.8) is 0 Å². The SMILES string of the molecule is CCOc1ccc(N(CCCC(=O)N(Cc2ccc(OC)cc2)[C@H](C)C(=O)NC2CCCC2)S(C)(=O)=O)cc1. The molecular formula is C29H41N3O6S. The molecule has 10 heteroatoms. The van der Waals surface area contributed by atoms with Crippen molar-refractivity contribution >= 4 is 27.5 Å². The number of nitrogens with zero attached hydrogens (tertiary/aromatic N) is 2. The molecule has 2 aromatic carbocycles. The molecular weight excluding hydrogens is 518 g/mol. The highest BCUT2D eigenvalue weighted by molar-refractivity contribution is 7.92. The van der Waals surface area contributed by atoms with Crippen LogP contribution in [0.5, 0.6) is 11.5 Å². The van der Waals surface area contributed by atoms with Crippen molar-refractivity contribution in [2.24, 2.45) is 0 Å². The van der Waals surface area contributed by atoms with E-state index >= 15 is 0 Å². The largest absolute Gasteiger partial charge is 0.497 e. The smallest absolute Gasteiger partial charge is 0.242 e. The topological polar surface area (TPSA) is 105 Å². The summed E-state index contributed by atoms with van der Waals surface area (Å²) in [6.45, 7) is 4.54. The lowest BCUT2D eigenvalue weighted by atomic mass is 10.1. The molecule has 1 saturated carbocycles. The predicted octanol–water partition coefficient (Wildman–Crippen LogP) is 4.12. The first-order chi connectivity index (χ1) is 18.6. The van der Waals surface area contributed by atoms with E-state index in [1.807, 2.05) is 31.2 Å². The van der Waals surface area contributed by atoms with Crippen LogP contribution < -0.4 is 19.1 Å². The van der Waals surface area contributed by atoms with E-state index in [0.717, 1.165) is 37.5 Å². The average Bonchev–Trinajstić information content (AvgIpc) is 3.42. The van der Waals surface area contributed by atoms with Crippen molar-refractivity contribution in [1.29, 1.82) is 0 Å². The molecule has 0 aromatic heterocycles. The minimum Gasteiger partial charge on any atom is -0.497 e. The third-order valence-electron chi connectivity index (χ3n) is 6.97. The lowest BCUT2D eigenvalue weighted by Gasteiger charge is -2.30. The van der Waals surface area contributed by atoms with E-state index in [-0.39, 0.29) is 37.4 Å². The van der Waals surface area contributed by atoms with Crippen molar-refractivity contribution in [2.75, 3.05) is 30.8 Å². The van der Waals surface area contributed by atoms with Crippen molar-refractivity contribution in [3.8, 4) is 11.5 Å². The molecule has 0 bridgehead atoms. The van der Waals surface area contributed by atoms with E-state index in [4.69, 9.17) is 9.47 Å². The number of benzene rings is 2. The first-order valence-electron chi connectivity index (χ1n) is 13.6. The number of ether oxygens (including phenoxy) is 2. The summed E-state index contributed by atoms with van der Waals surface area (Å²) in [5, 5.41) is 3.10. The Morgan fingerprint density at radius 1 is 1.03 bits per heavy atom. The molecule has 0 unspecified atom stereocenters. The number of hydrogen-bond acceptors (Lipinski definition) is 6. The van der Waals surface area contributed by atoms with Gasteiger partial charge < -0.3 is 19.7 Å². The summed E-state index contributed by atoms with van der Waals surface area (Å²) in [5.74, 6) is 0.985. The molecule has 1 fully saturated rings. The summed E-state index contributed by atoms with van der Waals surface area (Å²) >= 11 is 0. The summed E-state index contributed by atoms with van der Waals surface area (Å²) in [6.07, 6.45) is 5.65. The van der Waals surface area contributed by atoms with E-state index in [2.05, 4.69) is 5.32 Å². The molecule has 9 nitrogen and oxygen atoms in total.